The van der Waals surface area contributed by atoms with Crippen molar-refractivity contribution in [3.05, 3.63) is 29.8 Å². The monoisotopic (exact) mass is 273 g/mol. The first kappa shape index (κ1) is 13.9. The minimum atomic E-state index is 0.564. The minimum absolute atomic E-state index is 0.564. The van der Waals surface area contributed by atoms with E-state index < -0.39 is 0 Å². The van der Waals surface area contributed by atoms with Crippen molar-refractivity contribution in [2.24, 2.45) is 0 Å². The van der Waals surface area contributed by atoms with Gasteiger partial charge in [0.2, 0.25) is 0 Å². The van der Waals surface area contributed by atoms with E-state index in [9.17, 15) is 0 Å². The summed E-state index contributed by atoms with van der Waals surface area (Å²) in [5.74, 6) is 0. The van der Waals surface area contributed by atoms with E-state index in [1.54, 1.807) is 0 Å². The van der Waals surface area contributed by atoms with Gasteiger partial charge in [-0.25, -0.2) is 0 Å². The van der Waals surface area contributed by atoms with Crippen molar-refractivity contribution >= 4 is 5.69 Å². The first-order valence-electron chi connectivity index (χ1n) is 8.07. The molecule has 1 aromatic rings. The summed E-state index contributed by atoms with van der Waals surface area (Å²) < 4.78 is 0. The summed E-state index contributed by atoms with van der Waals surface area (Å²) >= 11 is 0. The van der Waals surface area contributed by atoms with Crippen LogP contribution < -0.4 is 10.2 Å². The van der Waals surface area contributed by atoms with Gasteiger partial charge in [0.25, 0.3) is 0 Å². The molecule has 0 aromatic heterocycles. The third-order valence-electron chi connectivity index (χ3n) is 4.76. The lowest BCUT2D eigenvalue weighted by molar-refractivity contribution is 0.209. The zero-order valence-corrected chi connectivity index (χ0v) is 12.8. The van der Waals surface area contributed by atoms with Crippen molar-refractivity contribution in [1.82, 2.24) is 10.2 Å². The van der Waals surface area contributed by atoms with Crippen LogP contribution in [0.3, 0.4) is 0 Å². The van der Waals surface area contributed by atoms with E-state index in [1.807, 2.05) is 0 Å². The van der Waals surface area contributed by atoms with Crippen LogP contribution in [-0.2, 0) is 0 Å². The second-order valence-electron chi connectivity index (χ2n) is 6.32. The largest absolute Gasteiger partial charge is 0.369 e. The molecule has 20 heavy (non-hydrogen) atoms. The van der Waals surface area contributed by atoms with Crippen LogP contribution in [0, 0.1) is 0 Å². The van der Waals surface area contributed by atoms with Gasteiger partial charge in [-0.1, -0.05) is 18.2 Å². The van der Waals surface area contributed by atoms with Crippen LogP contribution in [0.1, 0.15) is 38.3 Å². The van der Waals surface area contributed by atoms with Crippen LogP contribution in [0.4, 0.5) is 5.69 Å². The van der Waals surface area contributed by atoms with Crippen molar-refractivity contribution in [2.75, 3.05) is 37.6 Å². The zero-order chi connectivity index (χ0) is 13.9. The number of hydrogen-bond acceptors (Lipinski definition) is 3. The summed E-state index contributed by atoms with van der Waals surface area (Å²) in [6.45, 7) is 10.4. The van der Waals surface area contributed by atoms with Crippen LogP contribution >= 0.6 is 0 Å². The molecule has 0 amide bonds. The Morgan fingerprint density at radius 2 is 1.85 bits per heavy atom. The minimum Gasteiger partial charge on any atom is -0.369 e. The highest BCUT2D eigenvalue weighted by atomic mass is 15.3. The summed E-state index contributed by atoms with van der Waals surface area (Å²) in [4.78, 5) is 5.15. The van der Waals surface area contributed by atoms with Crippen LogP contribution in [0.25, 0.3) is 0 Å². The third-order valence-corrected chi connectivity index (χ3v) is 4.76. The van der Waals surface area contributed by atoms with Crippen molar-refractivity contribution in [3.8, 4) is 0 Å². The average molecular weight is 273 g/mol. The molecule has 1 unspecified atom stereocenters. The molecule has 3 rings (SSSR count). The molecule has 1 atom stereocenters. The highest BCUT2D eigenvalue weighted by Gasteiger charge is 2.24. The Balaban J connectivity index is 1.74. The van der Waals surface area contributed by atoms with E-state index >= 15 is 0 Å². The summed E-state index contributed by atoms with van der Waals surface area (Å²) in [5, 5.41) is 3.64. The lowest BCUT2D eigenvalue weighted by Crippen LogP contribution is -2.49. The molecule has 3 heteroatoms. The van der Waals surface area contributed by atoms with E-state index in [0.717, 1.165) is 13.1 Å². The molecular weight excluding hydrogens is 246 g/mol. The molecule has 0 bridgehead atoms. The molecule has 110 valence electrons. The van der Waals surface area contributed by atoms with Gasteiger partial charge < -0.3 is 10.2 Å². The standard InChI is InChI=1S/C17H27N3/c1-14(2)19-10-12-20(13-11-19)17-8-4-3-6-15(17)16-7-5-9-18-16/h3-4,6,8,14,16,18H,5,7,9-13H2,1-2H3. The van der Waals surface area contributed by atoms with E-state index in [2.05, 4.69) is 53.2 Å². The Morgan fingerprint density at radius 3 is 2.50 bits per heavy atom. The molecule has 2 heterocycles. The summed E-state index contributed by atoms with van der Waals surface area (Å²) in [5.41, 5.74) is 2.96. The molecule has 0 radical (unpaired) electrons. The Labute approximate surface area is 123 Å². The lowest BCUT2D eigenvalue weighted by atomic mass is 10.0. The van der Waals surface area contributed by atoms with E-state index in [0.29, 0.717) is 12.1 Å². The van der Waals surface area contributed by atoms with Gasteiger partial charge in [0, 0.05) is 44.0 Å². The Bertz CT molecular complexity index is 430. The Kier molecular flexibility index (Phi) is 4.27. The van der Waals surface area contributed by atoms with Gasteiger partial charge in [0.05, 0.1) is 0 Å². The van der Waals surface area contributed by atoms with Crippen molar-refractivity contribution in [2.45, 2.75) is 38.8 Å². The number of hydrogen-bond donors (Lipinski definition) is 1. The fourth-order valence-corrected chi connectivity index (χ4v) is 3.50. The van der Waals surface area contributed by atoms with Gasteiger partial charge in [0.1, 0.15) is 0 Å². The van der Waals surface area contributed by atoms with Gasteiger partial charge in [-0.2, -0.15) is 0 Å². The zero-order valence-electron chi connectivity index (χ0n) is 12.8. The summed E-state index contributed by atoms with van der Waals surface area (Å²) in [6.07, 6.45) is 2.59. The maximum absolute atomic E-state index is 3.64. The van der Waals surface area contributed by atoms with Gasteiger partial charge in [-0.15, -0.1) is 0 Å². The quantitative estimate of drug-likeness (QED) is 0.913. The highest BCUT2D eigenvalue weighted by Crippen LogP contribution is 2.32. The maximum Gasteiger partial charge on any atom is 0.0415 e. The molecule has 2 aliphatic heterocycles. The molecule has 3 nitrogen and oxygen atoms in total. The van der Waals surface area contributed by atoms with Gasteiger partial charge in [-0.05, 0) is 44.9 Å². The lowest BCUT2D eigenvalue weighted by Gasteiger charge is -2.39. The average Bonchev–Trinajstić information content (AvgIpc) is 3.01. The highest BCUT2D eigenvalue weighted by molar-refractivity contribution is 5.55. The number of nitrogens with one attached hydrogen (secondary N) is 1. The first-order chi connectivity index (χ1) is 9.75. The second-order valence-corrected chi connectivity index (χ2v) is 6.32. The second kappa shape index (κ2) is 6.15. The predicted octanol–water partition coefficient (Wildman–Crippen LogP) is 2.64. The van der Waals surface area contributed by atoms with Gasteiger partial charge in [-0.3, -0.25) is 4.90 Å². The number of piperazine rings is 1. The molecule has 0 aliphatic carbocycles. The van der Waals surface area contributed by atoms with Crippen LogP contribution in [0.2, 0.25) is 0 Å². The van der Waals surface area contributed by atoms with E-state index in [4.69, 9.17) is 0 Å². The van der Waals surface area contributed by atoms with Gasteiger partial charge in [0.15, 0.2) is 0 Å². The van der Waals surface area contributed by atoms with Crippen LogP contribution in [0.15, 0.2) is 24.3 Å². The SMILES string of the molecule is CC(C)N1CCN(c2ccccc2C2CCCN2)CC1. The molecule has 2 aliphatic rings. The molecule has 2 fully saturated rings. The van der Waals surface area contributed by atoms with Crippen LogP contribution in [-0.4, -0.2) is 43.7 Å². The Morgan fingerprint density at radius 1 is 1.10 bits per heavy atom. The maximum atomic E-state index is 3.64. The predicted molar refractivity (Wildman–Crippen MR) is 85.3 cm³/mol. The van der Waals surface area contributed by atoms with Crippen molar-refractivity contribution in [3.63, 3.8) is 0 Å². The van der Waals surface area contributed by atoms with Crippen LogP contribution in [0.5, 0.6) is 0 Å². The summed E-state index contributed by atoms with van der Waals surface area (Å²) in [7, 11) is 0. The summed E-state index contributed by atoms with van der Waals surface area (Å²) in [6, 6.07) is 10.2. The molecule has 1 N–H and O–H groups in total. The van der Waals surface area contributed by atoms with E-state index in [1.165, 1.54) is 43.7 Å². The fourth-order valence-electron chi connectivity index (χ4n) is 3.50. The van der Waals surface area contributed by atoms with Crippen molar-refractivity contribution < 1.29 is 0 Å². The molecule has 1 aromatic carbocycles. The molecule has 0 spiro atoms. The smallest absolute Gasteiger partial charge is 0.0415 e. The normalized spacial score (nSPS) is 24.6. The first-order valence-corrected chi connectivity index (χ1v) is 8.07. The number of benzene rings is 1. The van der Waals surface area contributed by atoms with Crippen molar-refractivity contribution in [1.29, 1.82) is 0 Å². The fraction of sp³-hybridized carbons (Fsp3) is 0.647. The van der Waals surface area contributed by atoms with E-state index in [-0.39, 0.29) is 0 Å². The number of rotatable bonds is 3. The Hall–Kier alpha value is -1.06. The topological polar surface area (TPSA) is 18.5 Å². The molecule has 2 saturated heterocycles. The molecular formula is C17H27N3. The molecule has 0 saturated carbocycles. The van der Waals surface area contributed by atoms with Gasteiger partial charge >= 0.3 is 0 Å². The number of para-hydroxylation sites is 1. The number of nitrogens with zero attached hydrogens (tertiary/aromatic N) is 2. The third kappa shape index (κ3) is 2.84. The number of anilines is 1.